The zero-order valence-electron chi connectivity index (χ0n) is 12.9. The third-order valence-corrected chi connectivity index (χ3v) is 3.92. The molecule has 0 bridgehead atoms. The van der Waals surface area contributed by atoms with Crippen molar-refractivity contribution in [3.8, 4) is 0 Å². The average Bonchev–Trinajstić information content (AvgIpc) is 3.08. The third kappa shape index (κ3) is 2.61. The summed E-state index contributed by atoms with van der Waals surface area (Å²) >= 11 is 0. The Balaban J connectivity index is 1.58. The van der Waals surface area contributed by atoms with E-state index in [0.717, 1.165) is 24.6 Å². The van der Waals surface area contributed by atoms with Gasteiger partial charge < -0.3 is 18.9 Å². The molecule has 0 spiro atoms. The first-order chi connectivity index (χ1) is 10.6. The van der Waals surface area contributed by atoms with Gasteiger partial charge in [0.1, 0.15) is 12.1 Å². The van der Waals surface area contributed by atoms with Gasteiger partial charge in [0.05, 0.1) is 0 Å². The van der Waals surface area contributed by atoms with Crippen molar-refractivity contribution in [3.05, 3.63) is 17.7 Å². The maximum Gasteiger partial charge on any atom is 0.323 e. The first-order valence-corrected chi connectivity index (χ1v) is 7.14. The number of hydrogen-bond acceptors (Lipinski definition) is 6. The van der Waals surface area contributed by atoms with E-state index in [1.807, 2.05) is 25.5 Å². The number of rotatable bonds is 2. The molecular formula is C13H19N7O2. The van der Waals surface area contributed by atoms with Crippen LogP contribution in [0.3, 0.4) is 0 Å². The molecule has 3 heterocycles. The Morgan fingerprint density at radius 1 is 1.27 bits per heavy atom. The van der Waals surface area contributed by atoms with Gasteiger partial charge in [0.2, 0.25) is 5.95 Å². The summed E-state index contributed by atoms with van der Waals surface area (Å²) < 4.78 is 6.93. The van der Waals surface area contributed by atoms with E-state index in [1.54, 1.807) is 11.2 Å². The molecule has 9 nitrogen and oxygen atoms in total. The molecule has 0 aromatic carbocycles. The molecule has 2 aromatic heterocycles. The largest absolute Gasteiger partial charge is 0.359 e. The topological polar surface area (TPSA) is 92.3 Å². The standard InChI is InChI=1S/C13H19N7O2/c1-9-10(2)22-17-11(9)15-13(21)20-6-4-19(5-7-20)12-16-14-8-18(12)3/h8H,4-7H2,1-3H3,(H,15,17,21). The summed E-state index contributed by atoms with van der Waals surface area (Å²) in [5.74, 6) is 2.02. The van der Waals surface area contributed by atoms with Crippen LogP contribution >= 0.6 is 0 Å². The molecule has 118 valence electrons. The zero-order chi connectivity index (χ0) is 15.7. The van der Waals surface area contributed by atoms with Crippen molar-refractivity contribution in [1.29, 1.82) is 0 Å². The molecule has 0 aliphatic carbocycles. The number of nitrogens with one attached hydrogen (secondary N) is 1. The number of anilines is 2. The smallest absolute Gasteiger partial charge is 0.323 e. The highest BCUT2D eigenvalue weighted by atomic mass is 16.5. The quantitative estimate of drug-likeness (QED) is 0.881. The molecule has 2 amide bonds. The molecule has 1 N–H and O–H groups in total. The summed E-state index contributed by atoms with van der Waals surface area (Å²) in [6, 6.07) is -0.158. The Labute approximate surface area is 127 Å². The van der Waals surface area contributed by atoms with Crippen molar-refractivity contribution in [2.24, 2.45) is 7.05 Å². The first kappa shape index (κ1) is 14.4. The molecule has 1 fully saturated rings. The van der Waals surface area contributed by atoms with Gasteiger partial charge in [0.25, 0.3) is 0 Å². The van der Waals surface area contributed by atoms with E-state index in [-0.39, 0.29) is 6.03 Å². The van der Waals surface area contributed by atoms with Crippen LogP contribution in [-0.4, -0.2) is 57.0 Å². The van der Waals surface area contributed by atoms with Gasteiger partial charge in [-0.25, -0.2) is 4.79 Å². The summed E-state index contributed by atoms with van der Waals surface area (Å²) in [4.78, 5) is 16.1. The number of aryl methyl sites for hydroxylation is 2. The number of piperazine rings is 1. The molecule has 0 saturated carbocycles. The lowest BCUT2D eigenvalue weighted by atomic mass is 10.3. The molecule has 22 heavy (non-hydrogen) atoms. The number of hydrogen-bond donors (Lipinski definition) is 1. The maximum absolute atomic E-state index is 12.3. The number of urea groups is 1. The Morgan fingerprint density at radius 2 is 2.00 bits per heavy atom. The molecule has 0 radical (unpaired) electrons. The van der Waals surface area contributed by atoms with Gasteiger partial charge in [0, 0.05) is 38.8 Å². The van der Waals surface area contributed by atoms with E-state index in [9.17, 15) is 4.79 Å². The van der Waals surface area contributed by atoms with Crippen LogP contribution in [0.15, 0.2) is 10.9 Å². The third-order valence-electron chi connectivity index (χ3n) is 3.92. The van der Waals surface area contributed by atoms with Gasteiger partial charge in [-0.1, -0.05) is 5.16 Å². The lowest BCUT2D eigenvalue weighted by molar-refractivity contribution is 0.207. The lowest BCUT2D eigenvalue weighted by Crippen LogP contribution is -2.50. The fourth-order valence-corrected chi connectivity index (χ4v) is 2.39. The molecule has 9 heteroatoms. The fraction of sp³-hybridized carbons (Fsp3) is 0.538. The molecule has 2 aromatic rings. The van der Waals surface area contributed by atoms with E-state index in [4.69, 9.17) is 4.52 Å². The normalized spacial score (nSPS) is 15.2. The molecule has 0 unspecified atom stereocenters. The minimum Gasteiger partial charge on any atom is -0.359 e. The second-order valence-electron chi connectivity index (χ2n) is 5.36. The average molecular weight is 305 g/mol. The van der Waals surface area contributed by atoms with E-state index < -0.39 is 0 Å². The second kappa shape index (κ2) is 5.66. The Bertz CT molecular complexity index is 670. The van der Waals surface area contributed by atoms with E-state index in [1.165, 1.54) is 0 Å². The maximum atomic E-state index is 12.3. The molecule has 0 atom stereocenters. The van der Waals surface area contributed by atoms with Crippen LogP contribution in [0, 0.1) is 13.8 Å². The highest BCUT2D eigenvalue weighted by molar-refractivity contribution is 5.89. The van der Waals surface area contributed by atoms with Gasteiger partial charge in [-0.05, 0) is 13.8 Å². The fourth-order valence-electron chi connectivity index (χ4n) is 2.39. The molecule has 1 aliphatic heterocycles. The molecular weight excluding hydrogens is 286 g/mol. The first-order valence-electron chi connectivity index (χ1n) is 7.14. The van der Waals surface area contributed by atoms with Crippen LogP contribution in [0.4, 0.5) is 16.6 Å². The number of nitrogens with zero attached hydrogens (tertiary/aromatic N) is 6. The van der Waals surface area contributed by atoms with Crippen molar-refractivity contribution in [3.63, 3.8) is 0 Å². The summed E-state index contributed by atoms with van der Waals surface area (Å²) in [6.45, 7) is 6.36. The Hall–Kier alpha value is -2.58. The van der Waals surface area contributed by atoms with Gasteiger partial charge in [-0.15, -0.1) is 10.2 Å². The SMILES string of the molecule is Cc1onc(NC(=O)N2CCN(c3nncn3C)CC2)c1C. The monoisotopic (exact) mass is 305 g/mol. The van der Waals surface area contributed by atoms with Gasteiger partial charge in [-0.2, -0.15) is 0 Å². The Kier molecular flexibility index (Phi) is 3.70. The van der Waals surface area contributed by atoms with Crippen LogP contribution in [0.25, 0.3) is 0 Å². The number of carbonyl (C=O) groups is 1. The van der Waals surface area contributed by atoms with Crippen molar-refractivity contribution < 1.29 is 9.32 Å². The molecule has 1 aliphatic rings. The second-order valence-corrected chi connectivity index (χ2v) is 5.36. The number of carbonyl (C=O) groups excluding carboxylic acids is 1. The van der Waals surface area contributed by atoms with Crippen molar-refractivity contribution >= 4 is 17.8 Å². The minimum absolute atomic E-state index is 0.158. The van der Waals surface area contributed by atoms with E-state index in [0.29, 0.717) is 24.7 Å². The Morgan fingerprint density at radius 3 is 2.55 bits per heavy atom. The van der Waals surface area contributed by atoms with E-state index in [2.05, 4.69) is 25.6 Å². The zero-order valence-corrected chi connectivity index (χ0v) is 12.9. The van der Waals surface area contributed by atoms with Crippen molar-refractivity contribution in [2.45, 2.75) is 13.8 Å². The van der Waals surface area contributed by atoms with E-state index >= 15 is 0 Å². The highest BCUT2D eigenvalue weighted by Gasteiger charge is 2.24. The summed E-state index contributed by atoms with van der Waals surface area (Å²) in [7, 11) is 1.91. The van der Waals surface area contributed by atoms with Gasteiger partial charge in [-0.3, -0.25) is 5.32 Å². The predicted octanol–water partition coefficient (Wildman–Crippen LogP) is 0.774. The summed E-state index contributed by atoms with van der Waals surface area (Å²) in [5, 5.41) is 14.6. The van der Waals surface area contributed by atoms with Crippen molar-refractivity contribution in [1.82, 2.24) is 24.8 Å². The van der Waals surface area contributed by atoms with Crippen LogP contribution in [0.1, 0.15) is 11.3 Å². The lowest BCUT2D eigenvalue weighted by Gasteiger charge is -2.34. The van der Waals surface area contributed by atoms with Gasteiger partial charge in [0.15, 0.2) is 5.82 Å². The molecule has 3 rings (SSSR count). The summed E-state index contributed by atoms with van der Waals surface area (Å²) in [5.41, 5.74) is 0.853. The van der Waals surface area contributed by atoms with Crippen LogP contribution < -0.4 is 10.2 Å². The minimum atomic E-state index is -0.158. The number of amides is 2. The predicted molar refractivity (Wildman–Crippen MR) is 79.8 cm³/mol. The molecule has 1 saturated heterocycles. The number of aromatic nitrogens is 4. The van der Waals surface area contributed by atoms with Crippen LogP contribution in [0.2, 0.25) is 0 Å². The van der Waals surface area contributed by atoms with Gasteiger partial charge >= 0.3 is 6.03 Å². The van der Waals surface area contributed by atoms with Crippen LogP contribution in [-0.2, 0) is 7.05 Å². The van der Waals surface area contributed by atoms with Crippen molar-refractivity contribution in [2.75, 3.05) is 36.4 Å². The highest BCUT2D eigenvalue weighted by Crippen LogP contribution is 2.18. The summed E-state index contributed by atoms with van der Waals surface area (Å²) in [6.07, 6.45) is 1.67. The van der Waals surface area contributed by atoms with Crippen LogP contribution in [0.5, 0.6) is 0 Å².